The van der Waals surface area contributed by atoms with E-state index in [2.05, 4.69) is 4.98 Å². The van der Waals surface area contributed by atoms with Crippen LogP contribution < -0.4 is 5.56 Å². The molecule has 122 valence electrons. The molecule has 0 amide bonds. The lowest BCUT2D eigenvalue weighted by atomic mass is 9.94. The summed E-state index contributed by atoms with van der Waals surface area (Å²) in [5.74, 6) is 0. The smallest absolute Gasteiger partial charge is 0.256 e. The van der Waals surface area contributed by atoms with E-state index in [1.165, 1.54) is 0 Å². The van der Waals surface area contributed by atoms with Crippen LogP contribution in [-0.4, -0.2) is 4.98 Å². The fraction of sp³-hybridized carbons (Fsp3) is 0. The van der Waals surface area contributed by atoms with Gasteiger partial charge in [0.1, 0.15) is 0 Å². The van der Waals surface area contributed by atoms with Gasteiger partial charge >= 0.3 is 0 Å². The lowest BCUT2D eigenvalue weighted by Crippen LogP contribution is -2.09. The van der Waals surface area contributed by atoms with E-state index in [1.54, 1.807) is 0 Å². The van der Waals surface area contributed by atoms with Gasteiger partial charge in [-0.15, -0.1) is 0 Å². The van der Waals surface area contributed by atoms with Crippen LogP contribution in [0.5, 0.6) is 0 Å². The SMILES string of the molecule is O=c1[nH]c(-c2cccc(Cl)c2)c(-c2cccc(Cl)c2)c2ccccc12. The van der Waals surface area contributed by atoms with E-state index in [9.17, 15) is 4.79 Å². The summed E-state index contributed by atoms with van der Waals surface area (Å²) in [6.45, 7) is 0. The van der Waals surface area contributed by atoms with E-state index < -0.39 is 0 Å². The zero-order valence-electron chi connectivity index (χ0n) is 13.1. The van der Waals surface area contributed by atoms with Gasteiger partial charge in [0.25, 0.3) is 5.56 Å². The van der Waals surface area contributed by atoms with Gasteiger partial charge in [-0.2, -0.15) is 0 Å². The topological polar surface area (TPSA) is 32.9 Å². The molecule has 4 heteroatoms. The Hall–Kier alpha value is -2.55. The van der Waals surface area contributed by atoms with Crippen LogP contribution in [0.15, 0.2) is 77.6 Å². The number of hydrogen-bond donors (Lipinski definition) is 1. The predicted molar refractivity (Wildman–Crippen MR) is 105 cm³/mol. The molecule has 25 heavy (non-hydrogen) atoms. The molecule has 0 aliphatic heterocycles. The van der Waals surface area contributed by atoms with Crippen molar-refractivity contribution in [2.24, 2.45) is 0 Å². The van der Waals surface area contributed by atoms with E-state index in [1.807, 2.05) is 72.8 Å². The Bertz CT molecular complexity index is 1150. The zero-order valence-corrected chi connectivity index (χ0v) is 14.6. The maximum absolute atomic E-state index is 12.6. The molecule has 0 atom stereocenters. The maximum Gasteiger partial charge on any atom is 0.256 e. The molecule has 1 N–H and O–H groups in total. The minimum Gasteiger partial charge on any atom is -0.321 e. The molecule has 0 saturated heterocycles. The molecule has 0 fully saturated rings. The van der Waals surface area contributed by atoms with Gasteiger partial charge in [-0.25, -0.2) is 0 Å². The molecule has 2 nitrogen and oxygen atoms in total. The highest BCUT2D eigenvalue weighted by atomic mass is 35.5. The van der Waals surface area contributed by atoms with Crippen LogP contribution in [0.4, 0.5) is 0 Å². The molecule has 4 aromatic rings. The molecule has 0 radical (unpaired) electrons. The summed E-state index contributed by atoms with van der Waals surface area (Å²) >= 11 is 12.4. The number of halogens is 2. The Labute approximate surface area is 154 Å². The first kappa shape index (κ1) is 15.9. The Morgan fingerprint density at radius 2 is 1.28 bits per heavy atom. The molecule has 0 bridgehead atoms. The summed E-state index contributed by atoms with van der Waals surface area (Å²) < 4.78 is 0. The molecule has 0 aliphatic carbocycles. The standard InChI is InChI=1S/C21H13Cl2NO/c22-15-7-3-5-13(11-15)19-17-9-1-2-10-18(17)21(25)24-20(19)14-6-4-8-16(23)12-14/h1-12H,(H,24,25). The number of pyridine rings is 1. The van der Waals surface area contributed by atoms with Crippen molar-refractivity contribution >= 4 is 34.0 Å². The lowest BCUT2D eigenvalue weighted by molar-refractivity contribution is 1.28. The van der Waals surface area contributed by atoms with Crippen molar-refractivity contribution in [3.63, 3.8) is 0 Å². The van der Waals surface area contributed by atoms with Crippen LogP contribution in [0, 0.1) is 0 Å². The fourth-order valence-corrected chi connectivity index (χ4v) is 3.46. The molecule has 0 spiro atoms. The van der Waals surface area contributed by atoms with E-state index in [-0.39, 0.29) is 5.56 Å². The number of aromatic nitrogens is 1. The van der Waals surface area contributed by atoms with Crippen molar-refractivity contribution < 1.29 is 0 Å². The molecule has 1 aromatic heterocycles. The van der Waals surface area contributed by atoms with Crippen LogP contribution >= 0.6 is 23.2 Å². The quantitative estimate of drug-likeness (QED) is 0.452. The molecule has 0 aliphatic rings. The summed E-state index contributed by atoms with van der Waals surface area (Å²) in [5, 5.41) is 2.78. The zero-order chi connectivity index (χ0) is 17.4. The van der Waals surface area contributed by atoms with Crippen LogP contribution in [-0.2, 0) is 0 Å². The number of aromatic amines is 1. The first-order valence-corrected chi connectivity index (χ1v) is 8.56. The number of benzene rings is 3. The number of rotatable bonds is 2. The van der Waals surface area contributed by atoms with E-state index >= 15 is 0 Å². The van der Waals surface area contributed by atoms with Gasteiger partial charge in [-0.3, -0.25) is 4.79 Å². The van der Waals surface area contributed by atoms with Gasteiger partial charge < -0.3 is 4.98 Å². The van der Waals surface area contributed by atoms with Crippen LogP contribution in [0.1, 0.15) is 0 Å². The molecule has 0 unspecified atom stereocenters. The average molecular weight is 366 g/mol. The minimum atomic E-state index is -0.128. The van der Waals surface area contributed by atoms with Gasteiger partial charge in [0.05, 0.1) is 5.69 Å². The second-order valence-electron chi connectivity index (χ2n) is 5.77. The highest BCUT2D eigenvalue weighted by molar-refractivity contribution is 6.31. The molecule has 0 saturated carbocycles. The van der Waals surface area contributed by atoms with E-state index in [0.29, 0.717) is 15.4 Å². The third-order valence-electron chi connectivity index (χ3n) is 4.16. The van der Waals surface area contributed by atoms with Gasteiger partial charge in [0.2, 0.25) is 0 Å². The van der Waals surface area contributed by atoms with Crippen molar-refractivity contribution in [1.82, 2.24) is 4.98 Å². The first-order chi connectivity index (χ1) is 12.1. The Balaban J connectivity index is 2.15. The van der Waals surface area contributed by atoms with Gasteiger partial charge in [0.15, 0.2) is 0 Å². The van der Waals surface area contributed by atoms with Crippen molar-refractivity contribution in [2.45, 2.75) is 0 Å². The molecular weight excluding hydrogens is 353 g/mol. The summed E-state index contributed by atoms with van der Waals surface area (Å²) in [7, 11) is 0. The fourth-order valence-electron chi connectivity index (χ4n) is 3.08. The third-order valence-corrected chi connectivity index (χ3v) is 4.63. The highest BCUT2D eigenvalue weighted by Gasteiger charge is 2.15. The highest BCUT2D eigenvalue weighted by Crippen LogP contribution is 2.36. The molecule has 4 rings (SSSR count). The van der Waals surface area contributed by atoms with Gasteiger partial charge in [-0.1, -0.05) is 65.7 Å². The number of hydrogen-bond acceptors (Lipinski definition) is 1. The van der Waals surface area contributed by atoms with Crippen LogP contribution in [0.2, 0.25) is 10.0 Å². The van der Waals surface area contributed by atoms with Crippen LogP contribution in [0.3, 0.4) is 0 Å². The normalized spacial score (nSPS) is 11.0. The minimum absolute atomic E-state index is 0.128. The number of nitrogens with one attached hydrogen (secondary N) is 1. The number of H-pyrrole nitrogens is 1. The second-order valence-corrected chi connectivity index (χ2v) is 6.64. The van der Waals surface area contributed by atoms with Crippen molar-refractivity contribution in [2.75, 3.05) is 0 Å². The largest absolute Gasteiger partial charge is 0.321 e. The summed E-state index contributed by atoms with van der Waals surface area (Å²) in [6, 6.07) is 22.6. The number of fused-ring (bicyclic) bond motifs is 1. The third kappa shape index (κ3) is 2.95. The Morgan fingerprint density at radius 1 is 0.680 bits per heavy atom. The predicted octanol–water partition coefficient (Wildman–Crippen LogP) is 6.17. The lowest BCUT2D eigenvalue weighted by Gasteiger charge is -2.14. The molecule has 1 heterocycles. The summed E-state index contributed by atoms with van der Waals surface area (Å²) in [5.41, 5.74) is 3.32. The average Bonchev–Trinajstić information content (AvgIpc) is 2.61. The Kier molecular flexibility index (Phi) is 4.08. The molecule has 3 aromatic carbocycles. The van der Waals surface area contributed by atoms with Crippen molar-refractivity contribution in [3.05, 3.63) is 93.2 Å². The molecular formula is C21H13Cl2NO. The van der Waals surface area contributed by atoms with Crippen LogP contribution in [0.25, 0.3) is 33.2 Å². The van der Waals surface area contributed by atoms with Crippen molar-refractivity contribution in [1.29, 1.82) is 0 Å². The van der Waals surface area contributed by atoms with Crippen molar-refractivity contribution in [3.8, 4) is 22.4 Å². The summed E-state index contributed by atoms with van der Waals surface area (Å²) in [6.07, 6.45) is 0. The second kappa shape index (κ2) is 6.40. The van der Waals surface area contributed by atoms with E-state index in [4.69, 9.17) is 23.2 Å². The Morgan fingerprint density at radius 3 is 1.96 bits per heavy atom. The monoisotopic (exact) mass is 365 g/mol. The van der Waals surface area contributed by atoms with Gasteiger partial charge in [0, 0.05) is 26.6 Å². The van der Waals surface area contributed by atoms with E-state index in [0.717, 1.165) is 27.8 Å². The van der Waals surface area contributed by atoms with Gasteiger partial charge in [-0.05, 0) is 41.3 Å². The first-order valence-electron chi connectivity index (χ1n) is 7.80. The maximum atomic E-state index is 12.6. The summed E-state index contributed by atoms with van der Waals surface area (Å²) in [4.78, 5) is 15.6.